The number of methoxy groups -OCH3 is 2. The van der Waals surface area contributed by atoms with Crippen molar-refractivity contribution in [3.63, 3.8) is 0 Å². The van der Waals surface area contributed by atoms with E-state index in [4.69, 9.17) is 15.2 Å². The number of nitrogens with two attached hydrogens (primary N) is 1. The van der Waals surface area contributed by atoms with Gasteiger partial charge in [-0.3, -0.25) is 4.98 Å². The fourth-order valence-electron chi connectivity index (χ4n) is 1.94. The summed E-state index contributed by atoms with van der Waals surface area (Å²) in [5.41, 5.74) is 6.42. The van der Waals surface area contributed by atoms with Crippen LogP contribution in [0.25, 0.3) is 0 Å². The van der Waals surface area contributed by atoms with Crippen LogP contribution in [0.15, 0.2) is 17.4 Å². The minimum atomic E-state index is 0.549. The number of hydrogen-bond donors (Lipinski definition) is 1. The van der Waals surface area contributed by atoms with E-state index in [1.807, 2.05) is 11.5 Å². The van der Waals surface area contributed by atoms with Crippen molar-refractivity contribution in [2.75, 3.05) is 20.8 Å². The van der Waals surface area contributed by atoms with Gasteiger partial charge >= 0.3 is 0 Å². The summed E-state index contributed by atoms with van der Waals surface area (Å²) in [6.45, 7) is 3.16. The molecule has 2 rings (SSSR count). The molecule has 0 aliphatic carbocycles. The molecule has 21 heavy (non-hydrogen) atoms. The fourth-order valence-corrected chi connectivity index (χ4v) is 2.89. The number of rotatable bonds is 7. The van der Waals surface area contributed by atoms with E-state index in [2.05, 4.69) is 15.2 Å². The molecule has 0 amide bonds. The molecule has 8 heteroatoms. The van der Waals surface area contributed by atoms with E-state index >= 15 is 0 Å². The van der Waals surface area contributed by atoms with Crippen LogP contribution in [-0.2, 0) is 12.3 Å². The van der Waals surface area contributed by atoms with E-state index in [1.54, 1.807) is 38.2 Å². The molecular weight excluding hydrogens is 290 g/mol. The number of nitrogens with zero attached hydrogens (tertiary/aromatic N) is 4. The van der Waals surface area contributed by atoms with Gasteiger partial charge in [0.15, 0.2) is 16.7 Å². The summed E-state index contributed by atoms with van der Waals surface area (Å²) >= 11 is 1.55. The van der Waals surface area contributed by atoms with Gasteiger partial charge in [-0.1, -0.05) is 11.8 Å². The molecule has 0 saturated carbocycles. The van der Waals surface area contributed by atoms with Crippen LogP contribution in [0.3, 0.4) is 0 Å². The molecular formula is C13H19N5O2S. The smallest absolute Gasteiger partial charge is 0.191 e. The topological polar surface area (TPSA) is 88.1 Å². The van der Waals surface area contributed by atoms with Crippen LogP contribution < -0.4 is 15.2 Å². The van der Waals surface area contributed by atoms with Crippen molar-refractivity contribution in [3.8, 4) is 11.5 Å². The standard InChI is InChI=1S/C13H19N5O2S/c1-9-16-17-13(18(9)7-5-14)21-8-10-12(20-3)11(19-2)4-6-15-10/h4,6H,5,7-8,14H2,1-3H3. The molecule has 0 aromatic carbocycles. The zero-order valence-electron chi connectivity index (χ0n) is 12.4. The summed E-state index contributed by atoms with van der Waals surface area (Å²) < 4.78 is 12.6. The van der Waals surface area contributed by atoms with Crippen molar-refractivity contribution in [1.82, 2.24) is 19.7 Å². The summed E-state index contributed by atoms with van der Waals surface area (Å²) in [5.74, 6) is 2.79. The van der Waals surface area contributed by atoms with Gasteiger partial charge in [0, 0.05) is 31.1 Å². The van der Waals surface area contributed by atoms with E-state index < -0.39 is 0 Å². The molecule has 7 nitrogen and oxygen atoms in total. The van der Waals surface area contributed by atoms with Crippen LogP contribution in [0.5, 0.6) is 11.5 Å². The zero-order chi connectivity index (χ0) is 15.2. The van der Waals surface area contributed by atoms with Gasteiger partial charge in [-0.25, -0.2) is 0 Å². The Morgan fingerprint density at radius 3 is 2.76 bits per heavy atom. The minimum absolute atomic E-state index is 0.549. The third-order valence-corrected chi connectivity index (χ3v) is 3.94. The maximum absolute atomic E-state index is 5.61. The largest absolute Gasteiger partial charge is 0.493 e. The molecule has 0 atom stereocenters. The molecule has 2 heterocycles. The Kier molecular flexibility index (Phi) is 5.40. The molecule has 0 bridgehead atoms. The molecule has 0 radical (unpaired) electrons. The van der Waals surface area contributed by atoms with Crippen LogP contribution in [0.4, 0.5) is 0 Å². The van der Waals surface area contributed by atoms with Crippen molar-refractivity contribution < 1.29 is 9.47 Å². The molecule has 2 aromatic heterocycles. The predicted molar refractivity (Wildman–Crippen MR) is 80.7 cm³/mol. The Labute approximate surface area is 127 Å². The van der Waals surface area contributed by atoms with Crippen LogP contribution >= 0.6 is 11.8 Å². The Morgan fingerprint density at radius 2 is 2.10 bits per heavy atom. The quantitative estimate of drug-likeness (QED) is 0.770. The SMILES string of the molecule is COc1ccnc(CSc2nnc(C)n2CCN)c1OC. The zero-order valence-corrected chi connectivity index (χ0v) is 13.2. The van der Waals surface area contributed by atoms with Gasteiger partial charge in [-0.2, -0.15) is 0 Å². The first-order chi connectivity index (χ1) is 10.2. The molecule has 114 valence electrons. The van der Waals surface area contributed by atoms with Gasteiger partial charge in [0.25, 0.3) is 0 Å². The summed E-state index contributed by atoms with van der Waals surface area (Å²) in [6.07, 6.45) is 1.70. The Morgan fingerprint density at radius 1 is 1.29 bits per heavy atom. The molecule has 2 N–H and O–H groups in total. The second kappa shape index (κ2) is 7.28. The average Bonchev–Trinajstić information content (AvgIpc) is 2.85. The van der Waals surface area contributed by atoms with Crippen molar-refractivity contribution in [3.05, 3.63) is 23.8 Å². The van der Waals surface area contributed by atoms with Crippen molar-refractivity contribution in [2.24, 2.45) is 5.73 Å². The first-order valence-corrected chi connectivity index (χ1v) is 7.48. The van der Waals surface area contributed by atoms with Crippen LogP contribution in [0, 0.1) is 6.92 Å². The predicted octanol–water partition coefficient (Wildman–Crippen LogP) is 1.25. The van der Waals surface area contributed by atoms with Crippen LogP contribution in [-0.4, -0.2) is 40.5 Å². The highest BCUT2D eigenvalue weighted by molar-refractivity contribution is 7.98. The molecule has 0 unspecified atom stereocenters. The van der Waals surface area contributed by atoms with Crippen LogP contribution in [0.2, 0.25) is 0 Å². The molecule has 0 aliphatic rings. The Bertz CT molecular complexity index is 602. The summed E-state index contributed by atoms with van der Waals surface area (Å²) in [6, 6.07) is 1.77. The maximum Gasteiger partial charge on any atom is 0.191 e. The lowest BCUT2D eigenvalue weighted by molar-refractivity contribution is 0.350. The highest BCUT2D eigenvalue weighted by Crippen LogP contribution is 2.32. The van der Waals surface area contributed by atoms with E-state index in [1.165, 1.54) is 0 Å². The second-order valence-electron chi connectivity index (χ2n) is 4.25. The van der Waals surface area contributed by atoms with E-state index in [9.17, 15) is 0 Å². The maximum atomic E-state index is 5.61. The summed E-state index contributed by atoms with van der Waals surface area (Å²) in [7, 11) is 3.21. The minimum Gasteiger partial charge on any atom is -0.493 e. The fraction of sp³-hybridized carbons (Fsp3) is 0.462. The molecule has 2 aromatic rings. The van der Waals surface area contributed by atoms with Gasteiger partial charge in [-0.05, 0) is 6.92 Å². The summed E-state index contributed by atoms with van der Waals surface area (Å²) in [5, 5.41) is 9.08. The molecule has 0 spiro atoms. The van der Waals surface area contributed by atoms with E-state index in [-0.39, 0.29) is 0 Å². The van der Waals surface area contributed by atoms with Gasteiger partial charge in [0.1, 0.15) is 5.82 Å². The highest BCUT2D eigenvalue weighted by atomic mass is 32.2. The lowest BCUT2D eigenvalue weighted by atomic mass is 10.3. The Balaban J connectivity index is 2.17. The lowest BCUT2D eigenvalue weighted by Crippen LogP contribution is -2.12. The normalized spacial score (nSPS) is 10.7. The number of aromatic nitrogens is 4. The van der Waals surface area contributed by atoms with Crippen molar-refractivity contribution >= 4 is 11.8 Å². The second-order valence-corrected chi connectivity index (χ2v) is 5.19. The third kappa shape index (κ3) is 3.45. The molecule has 0 fully saturated rings. The highest BCUT2D eigenvalue weighted by Gasteiger charge is 2.14. The van der Waals surface area contributed by atoms with Gasteiger partial charge < -0.3 is 19.8 Å². The first-order valence-electron chi connectivity index (χ1n) is 6.49. The number of thioether (sulfide) groups is 1. The third-order valence-electron chi connectivity index (χ3n) is 2.96. The van der Waals surface area contributed by atoms with Crippen molar-refractivity contribution in [2.45, 2.75) is 24.4 Å². The van der Waals surface area contributed by atoms with Gasteiger partial charge in [-0.15, -0.1) is 10.2 Å². The monoisotopic (exact) mass is 309 g/mol. The average molecular weight is 309 g/mol. The van der Waals surface area contributed by atoms with E-state index in [0.29, 0.717) is 30.3 Å². The first kappa shape index (κ1) is 15.6. The van der Waals surface area contributed by atoms with Gasteiger partial charge in [0.05, 0.1) is 19.9 Å². The Hall–Kier alpha value is -1.80. The number of ether oxygens (including phenoxy) is 2. The van der Waals surface area contributed by atoms with Gasteiger partial charge in [0.2, 0.25) is 0 Å². The summed E-state index contributed by atoms with van der Waals surface area (Å²) in [4.78, 5) is 4.35. The lowest BCUT2D eigenvalue weighted by Gasteiger charge is -2.11. The number of pyridine rings is 1. The molecule has 0 aliphatic heterocycles. The van der Waals surface area contributed by atoms with Crippen LogP contribution in [0.1, 0.15) is 11.5 Å². The van der Waals surface area contributed by atoms with Crippen molar-refractivity contribution in [1.29, 1.82) is 0 Å². The number of hydrogen-bond acceptors (Lipinski definition) is 7. The number of aryl methyl sites for hydroxylation is 1. The molecule has 0 saturated heterocycles. The van der Waals surface area contributed by atoms with E-state index in [0.717, 1.165) is 16.7 Å².